The van der Waals surface area contributed by atoms with Gasteiger partial charge in [-0.2, -0.15) is 0 Å². The molecule has 2 atom stereocenters. The van der Waals surface area contributed by atoms with E-state index in [0.717, 1.165) is 30.9 Å². The maximum absolute atomic E-state index is 13.1. The number of likely N-dealkylation sites (tertiary alicyclic amines) is 1. The number of hydrogen-bond acceptors (Lipinski definition) is 6. The maximum Gasteiger partial charge on any atom is 0.182 e. The highest BCUT2D eigenvalue weighted by molar-refractivity contribution is 5.51. The summed E-state index contributed by atoms with van der Waals surface area (Å²) in [4.78, 5) is 10.8. The van der Waals surface area contributed by atoms with Gasteiger partial charge in [0, 0.05) is 32.0 Å². The zero-order valence-electron chi connectivity index (χ0n) is 14.0. The molecule has 7 nitrogen and oxygen atoms in total. The van der Waals surface area contributed by atoms with E-state index in [1.165, 1.54) is 12.1 Å². The van der Waals surface area contributed by atoms with Crippen LogP contribution in [-0.4, -0.2) is 49.1 Å². The van der Waals surface area contributed by atoms with E-state index < -0.39 is 0 Å². The highest BCUT2D eigenvalue weighted by atomic mass is 19.1. The summed E-state index contributed by atoms with van der Waals surface area (Å²) in [6, 6.07) is 8.53. The number of rotatable bonds is 3. The van der Waals surface area contributed by atoms with Crippen LogP contribution in [0.25, 0.3) is 11.5 Å². The molecule has 0 bridgehead atoms. The maximum atomic E-state index is 13.1. The van der Waals surface area contributed by atoms with Gasteiger partial charge in [0.05, 0.1) is 24.4 Å². The first-order chi connectivity index (χ1) is 12.8. The van der Waals surface area contributed by atoms with Crippen molar-refractivity contribution in [3.8, 4) is 11.5 Å². The van der Waals surface area contributed by atoms with Crippen molar-refractivity contribution in [2.24, 2.45) is 0 Å². The van der Waals surface area contributed by atoms with Gasteiger partial charge in [0.25, 0.3) is 0 Å². The summed E-state index contributed by atoms with van der Waals surface area (Å²) >= 11 is 0. The van der Waals surface area contributed by atoms with E-state index in [2.05, 4.69) is 25.2 Å². The summed E-state index contributed by atoms with van der Waals surface area (Å²) in [5.74, 6) is 0.354. The molecular weight excluding hydrogens is 335 g/mol. The summed E-state index contributed by atoms with van der Waals surface area (Å²) in [6.07, 6.45) is 3.47. The van der Waals surface area contributed by atoms with Crippen molar-refractivity contribution in [3.63, 3.8) is 0 Å². The molecule has 5 rings (SSSR count). The van der Waals surface area contributed by atoms with E-state index in [1.54, 1.807) is 18.5 Å². The van der Waals surface area contributed by atoms with Gasteiger partial charge in [0.15, 0.2) is 11.5 Å². The van der Waals surface area contributed by atoms with Gasteiger partial charge < -0.3 is 4.74 Å². The molecule has 0 amide bonds. The number of hydrogen-bond donors (Lipinski definition) is 0. The van der Waals surface area contributed by atoms with Gasteiger partial charge in [-0.25, -0.2) is 19.0 Å². The molecule has 0 radical (unpaired) electrons. The Morgan fingerprint density at radius 1 is 1.12 bits per heavy atom. The minimum absolute atomic E-state index is 0.0780. The number of nitrogens with zero attached hydrogens (tertiary/aromatic N) is 6. The van der Waals surface area contributed by atoms with Gasteiger partial charge >= 0.3 is 0 Å². The molecule has 8 heteroatoms. The molecule has 0 spiro atoms. The molecular formula is C18H17FN6O. The van der Waals surface area contributed by atoms with Crippen LogP contribution in [0.2, 0.25) is 0 Å². The predicted octanol–water partition coefficient (Wildman–Crippen LogP) is 1.83. The van der Waals surface area contributed by atoms with Crippen molar-refractivity contribution in [3.05, 3.63) is 59.8 Å². The molecule has 0 saturated carbocycles. The van der Waals surface area contributed by atoms with Crippen LogP contribution < -0.4 is 0 Å². The first-order valence-corrected chi connectivity index (χ1v) is 8.58. The van der Waals surface area contributed by atoms with Crippen LogP contribution in [0.3, 0.4) is 0 Å². The fourth-order valence-electron chi connectivity index (χ4n) is 3.70. The smallest absolute Gasteiger partial charge is 0.182 e. The Labute approximate surface area is 149 Å². The van der Waals surface area contributed by atoms with Gasteiger partial charge in [0.2, 0.25) is 0 Å². The Hall–Kier alpha value is -2.71. The third kappa shape index (κ3) is 2.67. The van der Waals surface area contributed by atoms with Gasteiger partial charge in [-0.3, -0.25) is 4.90 Å². The van der Waals surface area contributed by atoms with Crippen molar-refractivity contribution in [2.45, 2.75) is 25.3 Å². The lowest BCUT2D eigenvalue weighted by atomic mass is 10.1. The van der Waals surface area contributed by atoms with Crippen LogP contribution in [0.15, 0.2) is 42.7 Å². The third-order valence-corrected chi connectivity index (χ3v) is 4.95. The number of benzene rings is 1. The Kier molecular flexibility index (Phi) is 3.72. The van der Waals surface area contributed by atoms with Crippen LogP contribution in [0.5, 0.6) is 0 Å². The fraction of sp³-hybridized carbons (Fsp3) is 0.333. The molecule has 1 aromatic carbocycles. The molecule has 0 N–H and O–H groups in total. The van der Waals surface area contributed by atoms with Gasteiger partial charge in [-0.05, 0) is 23.8 Å². The zero-order valence-corrected chi connectivity index (χ0v) is 14.0. The Morgan fingerprint density at radius 2 is 1.92 bits per heavy atom. The lowest BCUT2D eigenvalue weighted by Gasteiger charge is -2.26. The second-order valence-electron chi connectivity index (χ2n) is 6.64. The van der Waals surface area contributed by atoms with E-state index in [0.29, 0.717) is 18.1 Å². The molecule has 1 saturated heterocycles. The molecule has 0 unspecified atom stereocenters. The first kappa shape index (κ1) is 15.5. The minimum atomic E-state index is -0.213. The quantitative estimate of drug-likeness (QED) is 0.716. The summed E-state index contributed by atoms with van der Waals surface area (Å²) in [7, 11) is 0. The van der Waals surface area contributed by atoms with Crippen LogP contribution in [0.4, 0.5) is 4.39 Å². The molecule has 4 heterocycles. The second-order valence-corrected chi connectivity index (χ2v) is 6.64. The Bertz CT molecular complexity index is 913. The minimum Gasteiger partial charge on any atom is -0.368 e. The lowest BCUT2D eigenvalue weighted by molar-refractivity contribution is -0.00496. The van der Waals surface area contributed by atoms with E-state index in [9.17, 15) is 4.39 Å². The Balaban J connectivity index is 1.37. The molecule has 26 heavy (non-hydrogen) atoms. The van der Waals surface area contributed by atoms with Crippen molar-refractivity contribution < 1.29 is 9.13 Å². The van der Waals surface area contributed by atoms with Crippen molar-refractivity contribution in [2.75, 3.05) is 13.1 Å². The topological polar surface area (TPSA) is 69.0 Å². The highest BCUT2D eigenvalue weighted by Crippen LogP contribution is 2.33. The van der Waals surface area contributed by atoms with E-state index >= 15 is 0 Å². The Morgan fingerprint density at radius 3 is 2.73 bits per heavy atom. The van der Waals surface area contributed by atoms with Crippen molar-refractivity contribution in [1.82, 2.24) is 29.9 Å². The number of aromatic nitrogens is 5. The van der Waals surface area contributed by atoms with Crippen LogP contribution >= 0.6 is 0 Å². The monoisotopic (exact) mass is 352 g/mol. The molecule has 2 aliphatic rings. The largest absolute Gasteiger partial charge is 0.368 e. The average molecular weight is 352 g/mol. The summed E-state index contributed by atoms with van der Waals surface area (Å²) in [5.41, 5.74) is 2.68. The summed E-state index contributed by atoms with van der Waals surface area (Å²) in [6.45, 7) is 2.84. The van der Waals surface area contributed by atoms with Gasteiger partial charge in [0.1, 0.15) is 5.82 Å². The highest BCUT2D eigenvalue weighted by Gasteiger charge is 2.40. The van der Waals surface area contributed by atoms with Gasteiger partial charge in [-0.1, -0.05) is 17.3 Å². The average Bonchev–Trinajstić information content (AvgIpc) is 3.27. The van der Waals surface area contributed by atoms with Crippen molar-refractivity contribution >= 4 is 0 Å². The SMILES string of the molecule is Fc1ccc(CN2C[C@@H]3[C@@H](C2)OCc2c(-c4ncccn4)nnn23)cc1. The van der Waals surface area contributed by atoms with Gasteiger partial charge in [-0.15, -0.1) is 5.10 Å². The van der Waals surface area contributed by atoms with E-state index in [4.69, 9.17) is 4.74 Å². The standard InChI is InChI=1S/C18H17FN6O/c19-13-4-2-12(3-5-13)8-24-9-14-16(10-24)26-11-15-17(22-23-25(14)15)18-20-6-1-7-21-18/h1-7,14,16H,8-11H2/t14-,16-/m1/s1. The van der Waals surface area contributed by atoms with E-state index in [-0.39, 0.29) is 18.0 Å². The number of ether oxygens (including phenoxy) is 1. The predicted molar refractivity (Wildman–Crippen MR) is 90.3 cm³/mol. The number of halogens is 1. The molecule has 1 fully saturated rings. The third-order valence-electron chi connectivity index (χ3n) is 4.95. The van der Waals surface area contributed by atoms with E-state index in [1.807, 2.05) is 16.8 Å². The fourth-order valence-corrected chi connectivity index (χ4v) is 3.70. The van der Waals surface area contributed by atoms with Crippen LogP contribution in [0, 0.1) is 5.82 Å². The van der Waals surface area contributed by atoms with Crippen LogP contribution in [0.1, 0.15) is 17.3 Å². The summed E-state index contributed by atoms with van der Waals surface area (Å²) in [5, 5.41) is 8.65. The summed E-state index contributed by atoms with van der Waals surface area (Å²) < 4.78 is 21.1. The second kappa shape index (κ2) is 6.22. The molecule has 0 aliphatic carbocycles. The molecule has 3 aromatic rings. The zero-order chi connectivity index (χ0) is 17.5. The first-order valence-electron chi connectivity index (χ1n) is 8.58. The normalized spacial score (nSPS) is 22.2. The lowest BCUT2D eigenvalue weighted by Crippen LogP contribution is -2.32. The molecule has 2 aromatic heterocycles. The molecule has 2 aliphatic heterocycles. The number of fused-ring (bicyclic) bond motifs is 3. The van der Waals surface area contributed by atoms with Crippen molar-refractivity contribution in [1.29, 1.82) is 0 Å². The molecule has 132 valence electrons. The van der Waals surface area contributed by atoms with Crippen LogP contribution in [-0.2, 0) is 17.9 Å².